The van der Waals surface area contributed by atoms with Gasteiger partial charge in [0.25, 0.3) is 5.91 Å². The molecule has 31 heavy (non-hydrogen) atoms. The van der Waals surface area contributed by atoms with E-state index in [1.807, 2.05) is 40.7 Å². The van der Waals surface area contributed by atoms with Gasteiger partial charge in [0.2, 0.25) is 5.84 Å². The van der Waals surface area contributed by atoms with E-state index in [-0.39, 0.29) is 46.0 Å². The molecule has 0 saturated carbocycles. The molecule has 1 heterocycles. The molecule has 0 radical (unpaired) electrons. The molecular formula is C23H34N5O3+. The first-order chi connectivity index (χ1) is 14.4. The van der Waals surface area contributed by atoms with Crippen LogP contribution in [0.2, 0.25) is 0 Å². The van der Waals surface area contributed by atoms with E-state index in [2.05, 4.69) is 9.98 Å². The molecule has 0 unspecified atom stereocenters. The Labute approximate surface area is 183 Å². The SMILES string of the molecule is CC[C@@H]([NH+]=C(N)C(N)=Nc1ccc(C(C)(C)C)c(C(=O)N(C)C)c1O)c1cc(C)co1. The molecule has 168 valence electrons. The third-order valence-electron chi connectivity index (χ3n) is 4.93. The van der Waals surface area contributed by atoms with Crippen LogP contribution in [0, 0.1) is 6.92 Å². The van der Waals surface area contributed by atoms with Crippen molar-refractivity contribution in [3.8, 4) is 5.75 Å². The molecule has 1 atom stereocenters. The minimum absolute atomic E-state index is 0.00351. The van der Waals surface area contributed by atoms with Gasteiger partial charge >= 0.3 is 5.84 Å². The van der Waals surface area contributed by atoms with Crippen LogP contribution in [0.4, 0.5) is 5.69 Å². The largest absolute Gasteiger partial charge is 0.505 e. The molecule has 8 heteroatoms. The van der Waals surface area contributed by atoms with Crippen molar-refractivity contribution in [2.45, 2.75) is 52.5 Å². The van der Waals surface area contributed by atoms with Crippen molar-refractivity contribution in [1.82, 2.24) is 4.90 Å². The number of nitrogens with one attached hydrogen (secondary N) is 1. The minimum Gasteiger partial charge on any atom is -0.505 e. The number of furan rings is 1. The molecule has 2 rings (SSSR count). The Morgan fingerprint density at radius 1 is 1.29 bits per heavy atom. The van der Waals surface area contributed by atoms with Gasteiger partial charge in [0.1, 0.15) is 11.4 Å². The Morgan fingerprint density at radius 2 is 1.94 bits per heavy atom. The summed E-state index contributed by atoms with van der Waals surface area (Å²) in [6, 6.07) is 5.17. The van der Waals surface area contributed by atoms with Crippen LogP contribution in [0.25, 0.3) is 0 Å². The van der Waals surface area contributed by atoms with Gasteiger partial charge in [0.05, 0.1) is 11.8 Å². The number of benzene rings is 1. The van der Waals surface area contributed by atoms with E-state index in [0.29, 0.717) is 6.42 Å². The maximum atomic E-state index is 12.8. The van der Waals surface area contributed by atoms with Crippen molar-refractivity contribution in [2.75, 3.05) is 14.1 Å². The fourth-order valence-corrected chi connectivity index (χ4v) is 3.20. The van der Waals surface area contributed by atoms with E-state index >= 15 is 0 Å². The first-order valence-corrected chi connectivity index (χ1v) is 10.2. The highest BCUT2D eigenvalue weighted by Crippen LogP contribution is 2.38. The number of hydrogen-bond donors (Lipinski definition) is 4. The number of nitrogens with two attached hydrogens (primary N) is 2. The second-order valence-corrected chi connectivity index (χ2v) is 8.85. The fourth-order valence-electron chi connectivity index (χ4n) is 3.20. The van der Waals surface area contributed by atoms with E-state index < -0.39 is 0 Å². The Bertz CT molecular complexity index is 1010. The van der Waals surface area contributed by atoms with Crippen molar-refractivity contribution in [3.63, 3.8) is 0 Å². The lowest BCUT2D eigenvalue weighted by Crippen LogP contribution is -2.79. The average Bonchev–Trinajstić information content (AvgIpc) is 3.11. The zero-order chi connectivity index (χ0) is 23.5. The molecule has 0 fully saturated rings. The molecule has 1 aromatic heterocycles. The van der Waals surface area contributed by atoms with E-state index in [9.17, 15) is 9.90 Å². The lowest BCUT2D eigenvalue weighted by Gasteiger charge is -2.25. The number of carbonyl (C=O) groups is 1. The van der Waals surface area contributed by atoms with Crippen LogP contribution >= 0.6 is 0 Å². The predicted molar refractivity (Wildman–Crippen MR) is 123 cm³/mol. The zero-order valence-corrected chi connectivity index (χ0v) is 19.4. The van der Waals surface area contributed by atoms with Crippen LogP contribution in [-0.4, -0.2) is 41.7 Å². The summed E-state index contributed by atoms with van der Waals surface area (Å²) in [5.41, 5.74) is 14.0. The molecule has 2 aromatic rings. The van der Waals surface area contributed by atoms with Crippen LogP contribution in [0.5, 0.6) is 5.75 Å². The van der Waals surface area contributed by atoms with E-state index in [4.69, 9.17) is 15.9 Å². The van der Waals surface area contributed by atoms with Crippen molar-refractivity contribution in [2.24, 2.45) is 16.5 Å². The van der Waals surface area contributed by atoms with E-state index in [1.54, 1.807) is 32.5 Å². The smallest absolute Gasteiger partial charge is 0.309 e. The number of amidine groups is 2. The summed E-state index contributed by atoms with van der Waals surface area (Å²) in [6.07, 6.45) is 2.39. The molecule has 0 aliphatic rings. The summed E-state index contributed by atoms with van der Waals surface area (Å²) in [4.78, 5) is 21.6. The molecule has 0 bridgehead atoms. The number of nitrogens with zero attached hydrogens (tertiary/aromatic N) is 2. The van der Waals surface area contributed by atoms with Gasteiger partial charge < -0.3 is 20.2 Å². The number of carbonyl (C=O) groups excluding carboxylic acids is 1. The summed E-state index contributed by atoms with van der Waals surface area (Å²) in [6.45, 7) is 9.86. The Hall–Kier alpha value is -3.29. The van der Waals surface area contributed by atoms with Gasteiger partial charge in [0, 0.05) is 14.1 Å². The number of phenols is 1. The van der Waals surface area contributed by atoms with Gasteiger partial charge in [-0.3, -0.25) is 15.5 Å². The van der Waals surface area contributed by atoms with Crippen LogP contribution in [0.15, 0.2) is 33.9 Å². The van der Waals surface area contributed by atoms with Gasteiger partial charge in [0.15, 0.2) is 11.8 Å². The van der Waals surface area contributed by atoms with Crippen molar-refractivity contribution in [1.29, 1.82) is 0 Å². The van der Waals surface area contributed by atoms with Crippen LogP contribution in [0.3, 0.4) is 0 Å². The number of hydrogen-bond acceptors (Lipinski definition) is 4. The van der Waals surface area contributed by atoms with Gasteiger partial charge in [-0.05, 0) is 42.0 Å². The van der Waals surface area contributed by atoms with Crippen molar-refractivity contribution < 1.29 is 19.3 Å². The summed E-state index contributed by atoms with van der Waals surface area (Å²) in [7, 11) is 3.27. The topological polar surface area (TPSA) is 132 Å². The number of phenolic OH excluding ortho intramolecular Hbond substituents is 1. The Kier molecular flexibility index (Phi) is 7.15. The normalized spacial score (nSPS) is 13.9. The van der Waals surface area contributed by atoms with E-state index in [0.717, 1.165) is 16.9 Å². The molecule has 0 saturated heterocycles. The second-order valence-electron chi connectivity index (χ2n) is 8.85. The molecule has 6 N–H and O–H groups in total. The maximum absolute atomic E-state index is 12.8. The molecule has 0 aliphatic heterocycles. The average molecular weight is 429 g/mol. The van der Waals surface area contributed by atoms with Gasteiger partial charge in [-0.25, -0.2) is 4.99 Å². The number of aromatic hydroxyl groups is 1. The molecule has 0 aliphatic carbocycles. The highest BCUT2D eigenvalue weighted by molar-refractivity contribution is 6.37. The Morgan fingerprint density at radius 3 is 2.42 bits per heavy atom. The quantitative estimate of drug-likeness (QED) is 0.426. The first kappa shape index (κ1) is 24.0. The van der Waals surface area contributed by atoms with Gasteiger partial charge in [-0.2, -0.15) is 0 Å². The highest BCUT2D eigenvalue weighted by Gasteiger charge is 2.28. The molecule has 8 nitrogen and oxygen atoms in total. The third kappa shape index (κ3) is 5.45. The lowest BCUT2D eigenvalue weighted by atomic mass is 9.82. The summed E-state index contributed by atoms with van der Waals surface area (Å²) < 4.78 is 5.55. The predicted octanol–water partition coefficient (Wildman–Crippen LogP) is 1.87. The molecule has 0 spiro atoms. The maximum Gasteiger partial charge on any atom is 0.309 e. The van der Waals surface area contributed by atoms with Crippen LogP contribution in [0.1, 0.15) is 67.4 Å². The van der Waals surface area contributed by atoms with Crippen LogP contribution in [-0.2, 0) is 5.41 Å². The fraction of sp³-hybridized carbons (Fsp3) is 0.435. The summed E-state index contributed by atoms with van der Waals surface area (Å²) in [5.74, 6) is 0.361. The highest BCUT2D eigenvalue weighted by atomic mass is 16.3. The number of aryl methyl sites for hydroxylation is 1. The molecule has 1 aromatic carbocycles. The van der Waals surface area contributed by atoms with Gasteiger partial charge in [-0.1, -0.05) is 33.8 Å². The standard InChI is InChI=1S/C23H33N5O3/c1-8-15(17-11-13(2)12-31-17)26-20(24)21(25)27-16-10-9-14(23(3,4)5)18(19(16)29)22(30)28(6)7/h9-12,15,29H,8H2,1-7H3,(H2,24,26)(H2,25,27)/p+1/t15-/m1/s1. The first-order valence-electron chi connectivity index (χ1n) is 10.2. The molecule has 1 amide bonds. The van der Waals surface area contributed by atoms with Crippen molar-refractivity contribution >= 4 is 23.3 Å². The zero-order valence-electron chi connectivity index (χ0n) is 19.4. The van der Waals surface area contributed by atoms with Crippen molar-refractivity contribution in [3.05, 3.63) is 46.9 Å². The number of amides is 1. The lowest BCUT2D eigenvalue weighted by molar-refractivity contribution is -0.512. The minimum atomic E-state index is -0.353. The second kappa shape index (κ2) is 9.24. The summed E-state index contributed by atoms with van der Waals surface area (Å²) >= 11 is 0. The number of rotatable bonds is 5. The van der Waals surface area contributed by atoms with Gasteiger partial charge in [-0.15, -0.1) is 0 Å². The third-order valence-corrected chi connectivity index (χ3v) is 4.93. The Balaban J connectivity index is 2.50. The van der Waals surface area contributed by atoms with Crippen LogP contribution < -0.4 is 16.5 Å². The van der Waals surface area contributed by atoms with E-state index in [1.165, 1.54) is 4.90 Å². The monoisotopic (exact) mass is 428 g/mol. The summed E-state index contributed by atoms with van der Waals surface area (Å²) in [5, 5.41) is 10.9. The molecular weight excluding hydrogens is 394 g/mol. The number of aliphatic imine (C=N–C) groups is 1.